The molecule has 1 aromatic carbocycles. The Labute approximate surface area is 127 Å². The molecule has 0 aliphatic carbocycles. The summed E-state index contributed by atoms with van der Waals surface area (Å²) in [6.07, 6.45) is 1.38. The van der Waals surface area contributed by atoms with Crippen molar-refractivity contribution in [2.75, 3.05) is 5.32 Å². The average Bonchev–Trinajstić information content (AvgIpc) is 2.43. The van der Waals surface area contributed by atoms with Crippen LogP contribution in [-0.4, -0.2) is 22.0 Å². The van der Waals surface area contributed by atoms with E-state index in [1.54, 1.807) is 18.2 Å². The minimum absolute atomic E-state index is 0.0639. The predicted octanol–water partition coefficient (Wildman–Crippen LogP) is 3.45. The number of nitrogens with zero attached hydrogens (tertiary/aromatic N) is 1. The summed E-state index contributed by atoms with van der Waals surface area (Å²) in [5.41, 5.74) is 0.420. The molecule has 2 N–H and O–H groups in total. The summed E-state index contributed by atoms with van der Waals surface area (Å²) >= 11 is 8.94. The Morgan fingerprint density at radius 2 is 1.90 bits per heavy atom. The fraction of sp³-hybridized carbons (Fsp3) is 0. The molecule has 102 valence electrons. The Kier molecular flexibility index (Phi) is 4.36. The minimum Gasteiger partial charge on any atom is -0.478 e. The van der Waals surface area contributed by atoms with Crippen molar-refractivity contribution in [2.24, 2.45) is 0 Å². The number of benzene rings is 1. The number of amides is 1. The molecule has 0 saturated heterocycles. The molecule has 0 saturated carbocycles. The smallest absolute Gasteiger partial charge is 0.336 e. The van der Waals surface area contributed by atoms with Crippen molar-refractivity contribution >= 4 is 45.1 Å². The summed E-state index contributed by atoms with van der Waals surface area (Å²) in [7, 11) is 0. The molecular formula is C13H8BrClN2O3. The first-order valence-electron chi connectivity index (χ1n) is 5.44. The first kappa shape index (κ1) is 14.5. The van der Waals surface area contributed by atoms with E-state index in [2.05, 4.69) is 26.2 Å². The van der Waals surface area contributed by atoms with Gasteiger partial charge in [0.05, 0.1) is 27.5 Å². The Hall–Kier alpha value is -1.92. The highest BCUT2D eigenvalue weighted by atomic mass is 79.9. The minimum atomic E-state index is -1.16. The van der Waals surface area contributed by atoms with E-state index in [1.165, 1.54) is 18.3 Å². The van der Waals surface area contributed by atoms with E-state index in [-0.39, 0.29) is 16.3 Å². The second kappa shape index (κ2) is 6.02. The lowest BCUT2D eigenvalue weighted by Gasteiger charge is -2.08. The van der Waals surface area contributed by atoms with Gasteiger partial charge in [0.2, 0.25) is 0 Å². The van der Waals surface area contributed by atoms with Gasteiger partial charge in [-0.05, 0) is 34.1 Å². The van der Waals surface area contributed by atoms with Crippen LogP contribution in [-0.2, 0) is 0 Å². The molecule has 20 heavy (non-hydrogen) atoms. The Bertz CT molecular complexity index is 691. The lowest BCUT2D eigenvalue weighted by atomic mass is 10.1. The van der Waals surface area contributed by atoms with Crippen LogP contribution in [0.5, 0.6) is 0 Å². The number of anilines is 1. The Balaban J connectivity index is 2.28. The zero-order valence-electron chi connectivity index (χ0n) is 9.93. The van der Waals surface area contributed by atoms with Gasteiger partial charge in [0.25, 0.3) is 5.91 Å². The number of aromatic nitrogens is 1. The second-order valence-electron chi connectivity index (χ2n) is 3.80. The van der Waals surface area contributed by atoms with Gasteiger partial charge in [-0.25, -0.2) is 9.78 Å². The number of hydrogen-bond acceptors (Lipinski definition) is 3. The van der Waals surface area contributed by atoms with Gasteiger partial charge >= 0.3 is 5.97 Å². The number of carbonyl (C=O) groups excluding carboxylic acids is 1. The molecule has 0 aliphatic rings. The molecule has 1 aromatic heterocycles. The standard InChI is InChI=1S/C13H8BrClN2O3/c14-10-5-7(6-16-11(10)15)17-12(18)8-3-1-2-4-9(8)13(19)20/h1-6H,(H,17,18)(H,19,20). The van der Waals surface area contributed by atoms with Crippen LogP contribution >= 0.6 is 27.5 Å². The highest BCUT2D eigenvalue weighted by Crippen LogP contribution is 2.23. The van der Waals surface area contributed by atoms with Gasteiger partial charge in [0.15, 0.2) is 0 Å². The van der Waals surface area contributed by atoms with E-state index in [0.717, 1.165) is 0 Å². The zero-order valence-corrected chi connectivity index (χ0v) is 12.3. The maximum Gasteiger partial charge on any atom is 0.336 e. The van der Waals surface area contributed by atoms with Gasteiger partial charge in [0, 0.05) is 0 Å². The third-order valence-corrected chi connectivity index (χ3v) is 3.59. The Morgan fingerprint density at radius 1 is 1.25 bits per heavy atom. The normalized spacial score (nSPS) is 10.1. The molecule has 2 aromatic rings. The number of nitrogens with one attached hydrogen (secondary N) is 1. The zero-order chi connectivity index (χ0) is 14.7. The van der Waals surface area contributed by atoms with Gasteiger partial charge < -0.3 is 10.4 Å². The summed E-state index contributed by atoms with van der Waals surface area (Å²) in [4.78, 5) is 27.0. The molecule has 0 bridgehead atoms. The van der Waals surface area contributed by atoms with Crippen LogP contribution in [0.1, 0.15) is 20.7 Å². The van der Waals surface area contributed by atoms with Gasteiger partial charge in [-0.2, -0.15) is 0 Å². The Morgan fingerprint density at radius 3 is 2.50 bits per heavy atom. The van der Waals surface area contributed by atoms with Crippen molar-refractivity contribution in [3.8, 4) is 0 Å². The number of hydrogen-bond donors (Lipinski definition) is 2. The van der Waals surface area contributed by atoms with Gasteiger partial charge in [-0.1, -0.05) is 23.7 Å². The van der Waals surface area contributed by atoms with Crippen molar-refractivity contribution in [1.82, 2.24) is 4.98 Å². The largest absolute Gasteiger partial charge is 0.478 e. The van der Waals surface area contributed by atoms with E-state index < -0.39 is 11.9 Å². The number of rotatable bonds is 3. The van der Waals surface area contributed by atoms with Crippen LogP contribution in [0.2, 0.25) is 5.15 Å². The van der Waals surface area contributed by atoms with Crippen LogP contribution in [0.4, 0.5) is 5.69 Å². The molecule has 0 radical (unpaired) electrons. The first-order chi connectivity index (χ1) is 9.49. The lowest BCUT2D eigenvalue weighted by molar-refractivity contribution is 0.0692. The van der Waals surface area contributed by atoms with Gasteiger partial charge in [-0.3, -0.25) is 4.79 Å². The third kappa shape index (κ3) is 3.15. The summed E-state index contributed by atoms with van der Waals surface area (Å²) in [6, 6.07) is 7.54. The van der Waals surface area contributed by atoms with Crippen molar-refractivity contribution in [1.29, 1.82) is 0 Å². The van der Waals surface area contributed by atoms with Crippen LogP contribution in [0.25, 0.3) is 0 Å². The van der Waals surface area contributed by atoms with Gasteiger partial charge in [-0.15, -0.1) is 0 Å². The molecular weight excluding hydrogens is 348 g/mol. The van der Waals surface area contributed by atoms with Crippen LogP contribution in [0.3, 0.4) is 0 Å². The van der Waals surface area contributed by atoms with E-state index in [1.807, 2.05) is 0 Å². The maximum absolute atomic E-state index is 12.1. The molecule has 0 aliphatic heterocycles. The molecule has 0 fully saturated rings. The number of carboxylic acid groups (broad SMARTS) is 1. The topological polar surface area (TPSA) is 79.3 Å². The first-order valence-corrected chi connectivity index (χ1v) is 6.61. The monoisotopic (exact) mass is 354 g/mol. The summed E-state index contributed by atoms with van der Waals surface area (Å²) < 4.78 is 0.531. The average molecular weight is 356 g/mol. The van der Waals surface area contributed by atoms with Crippen molar-refractivity contribution < 1.29 is 14.7 Å². The summed E-state index contributed by atoms with van der Waals surface area (Å²) in [5.74, 6) is -1.69. The number of carbonyl (C=O) groups is 2. The molecule has 0 atom stereocenters. The molecule has 0 spiro atoms. The highest BCUT2D eigenvalue weighted by molar-refractivity contribution is 9.10. The highest BCUT2D eigenvalue weighted by Gasteiger charge is 2.16. The van der Waals surface area contributed by atoms with E-state index >= 15 is 0 Å². The van der Waals surface area contributed by atoms with Crippen molar-refractivity contribution in [3.63, 3.8) is 0 Å². The maximum atomic E-state index is 12.1. The van der Waals surface area contributed by atoms with E-state index in [0.29, 0.717) is 10.2 Å². The van der Waals surface area contributed by atoms with Crippen LogP contribution in [0.15, 0.2) is 41.0 Å². The molecule has 1 heterocycles. The van der Waals surface area contributed by atoms with Crippen molar-refractivity contribution in [3.05, 3.63) is 57.3 Å². The summed E-state index contributed by atoms with van der Waals surface area (Å²) in [6.45, 7) is 0. The fourth-order valence-corrected chi connectivity index (χ4v) is 2.01. The quantitative estimate of drug-likeness (QED) is 0.827. The van der Waals surface area contributed by atoms with Gasteiger partial charge in [0.1, 0.15) is 5.15 Å². The molecule has 0 unspecified atom stereocenters. The SMILES string of the molecule is O=C(O)c1ccccc1C(=O)Nc1cnc(Cl)c(Br)c1. The van der Waals surface area contributed by atoms with Crippen LogP contribution < -0.4 is 5.32 Å². The number of carboxylic acids is 1. The molecule has 1 amide bonds. The molecule has 5 nitrogen and oxygen atoms in total. The number of halogens is 2. The number of pyridine rings is 1. The predicted molar refractivity (Wildman–Crippen MR) is 78.3 cm³/mol. The van der Waals surface area contributed by atoms with Crippen LogP contribution in [0, 0.1) is 0 Å². The lowest BCUT2D eigenvalue weighted by Crippen LogP contribution is -2.16. The fourth-order valence-electron chi connectivity index (χ4n) is 1.56. The summed E-state index contributed by atoms with van der Waals surface area (Å²) in [5, 5.41) is 11.9. The third-order valence-electron chi connectivity index (χ3n) is 2.46. The van der Waals surface area contributed by atoms with E-state index in [4.69, 9.17) is 16.7 Å². The van der Waals surface area contributed by atoms with Crippen molar-refractivity contribution in [2.45, 2.75) is 0 Å². The van der Waals surface area contributed by atoms with E-state index in [9.17, 15) is 9.59 Å². The molecule has 7 heteroatoms. The second-order valence-corrected chi connectivity index (χ2v) is 5.01. The molecule has 2 rings (SSSR count). The number of aromatic carboxylic acids is 1.